The molecule has 0 saturated carbocycles. The SMILES string of the molecule is COc1ccc(N/N=C\C=C(/Cl)c2ccc(Cl)cc2)cc1. The van der Waals surface area contributed by atoms with Gasteiger partial charge >= 0.3 is 0 Å². The summed E-state index contributed by atoms with van der Waals surface area (Å²) in [5.41, 5.74) is 4.65. The number of halogens is 2. The number of hydrazone groups is 1. The van der Waals surface area contributed by atoms with Gasteiger partial charge in [-0.25, -0.2) is 0 Å². The normalized spacial score (nSPS) is 11.7. The molecule has 0 spiro atoms. The molecule has 0 aromatic heterocycles. The van der Waals surface area contributed by atoms with Crippen molar-refractivity contribution in [2.24, 2.45) is 5.10 Å². The minimum atomic E-state index is 0.590. The van der Waals surface area contributed by atoms with E-state index >= 15 is 0 Å². The third kappa shape index (κ3) is 4.81. The molecule has 0 unspecified atom stereocenters. The van der Waals surface area contributed by atoms with Gasteiger partial charge in [0.2, 0.25) is 0 Å². The highest BCUT2D eigenvalue weighted by Crippen LogP contribution is 2.20. The number of benzene rings is 2. The molecule has 0 aliphatic heterocycles. The highest BCUT2D eigenvalue weighted by atomic mass is 35.5. The molecule has 0 bridgehead atoms. The number of ether oxygens (including phenoxy) is 1. The Hall–Kier alpha value is -1.97. The first-order chi connectivity index (χ1) is 10.2. The Morgan fingerprint density at radius 3 is 2.38 bits per heavy atom. The van der Waals surface area contributed by atoms with Gasteiger partial charge in [-0.05, 0) is 48.0 Å². The molecule has 0 radical (unpaired) electrons. The second-order valence-corrected chi connectivity index (χ2v) is 4.98. The van der Waals surface area contributed by atoms with Gasteiger partial charge in [0.15, 0.2) is 0 Å². The maximum absolute atomic E-state index is 6.16. The van der Waals surface area contributed by atoms with E-state index in [-0.39, 0.29) is 0 Å². The summed E-state index contributed by atoms with van der Waals surface area (Å²) in [7, 11) is 1.63. The molecular weight excluding hydrogens is 307 g/mol. The average molecular weight is 321 g/mol. The molecule has 2 rings (SSSR count). The van der Waals surface area contributed by atoms with E-state index in [1.54, 1.807) is 31.5 Å². The van der Waals surface area contributed by atoms with Crippen LogP contribution in [-0.2, 0) is 0 Å². The number of methoxy groups -OCH3 is 1. The van der Waals surface area contributed by atoms with Crippen LogP contribution in [0.25, 0.3) is 5.03 Å². The number of allylic oxidation sites excluding steroid dienone is 1. The van der Waals surface area contributed by atoms with Crippen molar-refractivity contribution in [1.82, 2.24) is 0 Å². The first-order valence-corrected chi connectivity index (χ1v) is 6.99. The highest BCUT2D eigenvalue weighted by Gasteiger charge is 1.96. The fourth-order valence-corrected chi connectivity index (χ4v) is 1.89. The van der Waals surface area contributed by atoms with Gasteiger partial charge in [0.1, 0.15) is 5.75 Å². The first-order valence-electron chi connectivity index (χ1n) is 6.24. The van der Waals surface area contributed by atoms with Crippen molar-refractivity contribution in [3.63, 3.8) is 0 Å². The average Bonchev–Trinajstić information content (AvgIpc) is 2.52. The lowest BCUT2D eigenvalue weighted by Crippen LogP contribution is -1.89. The van der Waals surface area contributed by atoms with Crippen LogP contribution >= 0.6 is 23.2 Å². The summed E-state index contributed by atoms with van der Waals surface area (Å²) in [6, 6.07) is 14.8. The van der Waals surface area contributed by atoms with E-state index < -0.39 is 0 Å². The zero-order chi connectivity index (χ0) is 15.1. The maximum atomic E-state index is 6.16. The lowest BCUT2D eigenvalue weighted by Gasteiger charge is -2.02. The second-order valence-electron chi connectivity index (χ2n) is 4.14. The van der Waals surface area contributed by atoms with Gasteiger partial charge in [-0.15, -0.1) is 0 Å². The Labute approximate surface area is 133 Å². The van der Waals surface area contributed by atoms with Gasteiger partial charge in [-0.2, -0.15) is 5.10 Å². The monoisotopic (exact) mass is 320 g/mol. The smallest absolute Gasteiger partial charge is 0.119 e. The quantitative estimate of drug-likeness (QED) is 0.619. The van der Waals surface area contributed by atoms with Crippen LogP contribution < -0.4 is 10.2 Å². The van der Waals surface area contributed by atoms with Crippen molar-refractivity contribution >= 4 is 40.1 Å². The number of hydrogen-bond donors (Lipinski definition) is 1. The highest BCUT2D eigenvalue weighted by molar-refractivity contribution is 6.49. The fraction of sp³-hybridized carbons (Fsp3) is 0.0625. The molecule has 1 N–H and O–H groups in total. The largest absolute Gasteiger partial charge is 0.497 e. The van der Waals surface area contributed by atoms with Crippen LogP contribution in [0.3, 0.4) is 0 Å². The minimum absolute atomic E-state index is 0.590. The van der Waals surface area contributed by atoms with Crippen molar-refractivity contribution in [2.45, 2.75) is 0 Å². The summed E-state index contributed by atoms with van der Waals surface area (Å²) >= 11 is 12.0. The Morgan fingerprint density at radius 2 is 1.76 bits per heavy atom. The molecule has 108 valence electrons. The number of nitrogens with zero attached hydrogens (tertiary/aromatic N) is 1. The molecule has 0 heterocycles. The maximum Gasteiger partial charge on any atom is 0.119 e. The lowest BCUT2D eigenvalue weighted by atomic mass is 10.2. The van der Waals surface area contributed by atoms with Crippen LogP contribution in [0.1, 0.15) is 5.56 Å². The number of rotatable bonds is 5. The Bertz CT molecular complexity index is 634. The lowest BCUT2D eigenvalue weighted by molar-refractivity contribution is 0.415. The van der Waals surface area contributed by atoms with E-state index in [1.807, 2.05) is 36.4 Å². The molecule has 0 atom stereocenters. The Balaban J connectivity index is 1.94. The van der Waals surface area contributed by atoms with E-state index in [4.69, 9.17) is 27.9 Å². The van der Waals surface area contributed by atoms with Crippen LogP contribution in [0, 0.1) is 0 Å². The third-order valence-electron chi connectivity index (χ3n) is 2.70. The van der Waals surface area contributed by atoms with Crippen LogP contribution in [0.4, 0.5) is 5.69 Å². The number of anilines is 1. The van der Waals surface area contributed by atoms with Crippen LogP contribution in [0.15, 0.2) is 59.7 Å². The van der Waals surface area contributed by atoms with Crippen LogP contribution in [0.5, 0.6) is 5.75 Å². The summed E-state index contributed by atoms with van der Waals surface area (Å²) in [6.07, 6.45) is 3.31. The van der Waals surface area contributed by atoms with Crippen molar-refractivity contribution in [3.05, 3.63) is 65.2 Å². The second kappa shape index (κ2) is 7.72. The van der Waals surface area contributed by atoms with Crippen molar-refractivity contribution in [2.75, 3.05) is 12.5 Å². The van der Waals surface area contributed by atoms with Gasteiger partial charge in [0.25, 0.3) is 0 Å². The third-order valence-corrected chi connectivity index (χ3v) is 3.30. The molecule has 0 amide bonds. The van der Waals surface area contributed by atoms with E-state index in [9.17, 15) is 0 Å². The summed E-state index contributed by atoms with van der Waals surface area (Å²) in [5.74, 6) is 0.801. The van der Waals surface area contributed by atoms with Gasteiger partial charge < -0.3 is 4.74 Å². The molecule has 0 aliphatic carbocycles. The standard InChI is InChI=1S/C16H14Cl2N2O/c1-21-15-8-6-14(7-9-15)20-19-11-10-16(18)12-2-4-13(17)5-3-12/h2-11,20H,1H3/b16-10-,19-11-. The van der Waals surface area contributed by atoms with E-state index in [2.05, 4.69) is 10.5 Å². The van der Waals surface area contributed by atoms with Gasteiger partial charge in [0.05, 0.1) is 12.8 Å². The van der Waals surface area contributed by atoms with Crippen LogP contribution in [0.2, 0.25) is 5.02 Å². The van der Waals surface area contributed by atoms with Gasteiger partial charge in [0, 0.05) is 16.3 Å². The predicted octanol–water partition coefficient (Wildman–Crippen LogP) is 5.03. The fourth-order valence-electron chi connectivity index (χ4n) is 1.59. The molecule has 2 aromatic rings. The molecule has 0 aliphatic rings. The van der Waals surface area contributed by atoms with Crippen molar-refractivity contribution in [1.29, 1.82) is 0 Å². The minimum Gasteiger partial charge on any atom is -0.497 e. The Kier molecular flexibility index (Phi) is 5.67. The van der Waals surface area contributed by atoms with Gasteiger partial charge in [-0.1, -0.05) is 35.3 Å². The molecule has 0 saturated heterocycles. The molecule has 3 nitrogen and oxygen atoms in total. The van der Waals surface area contributed by atoms with Crippen molar-refractivity contribution < 1.29 is 4.74 Å². The van der Waals surface area contributed by atoms with E-state index in [1.165, 1.54) is 0 Å². The predicted molar refractivity (Wildman–Crippen MR) is 90.4 cm³/mol. The summed E-state index contributed by atoms with van der Waals surface area (Å²) in [5, 5.41) is 5.35. The van der Waals surface area contributed by atoms with Crippen LogP contribution in [-0.4, -0.2) is 13.3 Å². The Morgan fingerprint density at radius 1 is 1.10 bits per heavy atom. The van der Waals surface area contributed by atoms with Gasteiger partial charge in [-0.3, -0.25) is 5.43 Å². The van der Waals surface area contributed by atoms with E-state index in [0.29, 0.717) is 10.1 Å². The molecular formula is C16H14Cl2N2O. The topological polar surface area (TPSA) is 33.6 Å². The zero-order valence-electron chi connectivity index (χ0n) is 11.4. The summed E-state index contributed by atoms with van der Waals surface area (Å²) in [6.45, 7) is 0. The summed E-state index contributed by atoms with van der Waals surface area (Å²) < 4.78 is 5.08. The number of hydrogen-bond acceptors (Lipinski definition) is 3. The molecule has 0 fully saturated rings. The van der Waals surface area contributed by atoms with E-state index in [0.717, 1.165) is 17.0 Å². The molecule has 21 heavy (non-hydrogen) atoms. The van der Waals surface area contributed by atoms with Crippen molar-refractivity contribution in [3.8, 4) is 5.75 Å². The zero-order valence-corrected chi connectivity index (χ0v) is 12.9. The molecule has 5 heteroatoms. The molecule has 2 aromatic carbocycles. The first kappa shape index (κ1) is 15.4. The summed E-state index contributed by atoms with van der Waals surface area (Å²) in [4.78, 5) is 0. The number of nitrogens with one attached hydrogen (secondary N) is 1.